The number of amides is 2. The quantitative estimate of drug-likeness (QED) is 0.933. The molecule has 2 amide bonds. The van der Waals surface area contributed by atoms with Crippen LogP contribution in [0.1, 0.15) is 29.5 Å². The number of aryl methyl sites for hydroxylation is 1. The minimum Gasteiger partial charge on any atom is -0.361 e. The van der Waals surface area contributed by atoms with Gasteiger partial charge in [-0.2, -0.15) is 0 Å². The largest absolute Gasteiger partial charge is 0.361 e. The van der Waals surface area contributed by atoms with Crippen LogP contribution in [0.25, 0.3) is 0 Å². The van der Waals surface area contributed by atoms with Crippen LogP contribution < -0.4 is 5.32 Å². The summed E-state index contributed by atoms with van der Waals surface area (Å²) >= 11 is 1.50. The molecule has 0 fully saturated rings. The van der Waals surface area contributed by atoms with Crippen molar-refractivity contribution in [2.75, 3.05) is 12.8 Å². The Balaban J connectivity index is 1.68. The summed E-state index contributed by atoms with van der Waals surface area (Å²) in [6, 6.07) is 6.42. The minimum absolute atomic E-state index is 0.170. The summed E-state index contributed by atoms with van der Waals surface area (Å²) in [6.45, 7) is 2.17. The topological polar surface area (TPSA) is 58.4 Å². The van der Waals surface area contributed by atoms with Gasteiger partial charge in [0.05, 0.1) is 12.6 Å². The number of nitrogens with zero attached hydrogens (tertiary/aromatic N) is 2. The van der Waals surface area contributed by atoms with E-state index in [1.54, 1.807) is 19.2 Å². The van der Waals surface area contributed by atoms with Crippen molar-refractivity contribution >= 4 is 17.8 Å². The lowest BCUT2D eigenvalue weighted by molar-refractivity contribution is 0.200. The van der Waals surface area contributed by atoms with Gasteiger partial charge in [-0.1, -0.05) is 17.3 Å². The second kappa shape index (κ2) is 6.62. The smallest absolute Gasteiger partial charge is 0.317 e. The number of thioether (sulfide) groups is 1. The Hall–Kier alpha value is -2.02. The lowest BCUT2D eigenvalue weighted by Gasteiger charge is -2.28. The highest BCUT2D eigenvalue weighted by atomic mass is 32.2. The van der Waals surface area contributed by atoms with Crippen molar-refractivity contribution in [1.29, 1.82) is 0 Å². The number of hydrogen-bond acceptors (Lipinski definition) is 4. The lowest BCUT2D eigenvalue weighted by atomic mass is 10.0. The van der Waals surface area contributed by atoms with Crippen LogP contribution in [0.4, 0.5) is 9.18 Å². The van der Waals surface area contributed by atoms with E-state index in [2.05, 4.69) is 10.5 Å². The molecule has 3 rings (SSSR count). The fourth-order valence-corrected chi connectivity index (χ4v) is 3.74. The molecule has 2 aromatic rings. The lowest BCUT2D eigenvalue weighted by Crippen LogP contribution is -2.40. The summed E-state index contributed by atoms with van der Waals surface area (Å²) in [5, 5.41) is 6.86. The Morgan fingerprint density at radius 3 is 3.13 bits per heavy atom. The Morgan fingerprint density at radius 2 is 2.39 bits per heavy atom. The first-order chi connectivity index (χ1) is 11.0. The van der Waals surface area contributed by atoms with Gasteiger partial charge in [-0.15, -0.1) is 11.8 Å². The molecule has 2 heterocycles. The second-order valence-corrected chi connectivity index (χ2v) is 6.69. The Kier molecular flexibility index (Phi) is 4.56. The normalized spacial score (nSPS) is 16.7. The van der Waals surface area contributed by atoms with Gasteiger partial charge in [0.2, 0.25) is 0 Å². The van der Waals surface area contributed by atoms with Gasteiger partial charge < -0.3 is 14.7 Å². The van der Waals surface area contributed by atoms with Gasteiger partial charge in [0.1, 0.15) is 17.3 Å². The van der Waals surface area contributed by atoms with E-state index in [-0.39, 0.29) is 17.9 Å². The molecule has 5 nitrogen and oxygen atoms in total. The van der Waals surface area contributed by atoms with E-state index in [1.165, 1.54) is 22.7 Å². The molecule has 23 heavy (non-hydrogen) atoms. The highest BCUT2D eigenvalue weighted by Crippen LogP contribution is 2.37. The minimum atomic E-state index is -0.224. The van der Waals surface area contributed by atoms with E-state index in [1.807, 2.05) is 13.0 Å². The molecule has 0 aliphatic carbocycles. The summed E-state index contributed by atoms with van der Waals surface area (Å²) < 4.78 is 18.9. The third-order valence-corrected chi connectivity index (χ3v) is 4.91. The molecule has 1 aliphatic heterocycles. The first-order valence-electron chi connectivity index (χ1n) is 7.39. The summed E-state index contributed by atoms with van der Waals surface area (Å²) in [5.41, 5.74) is 1.55. The van der Waals surface area contributed by atoms with Gasteiger partial charge in [0, 0.05) is 23.8 Å². The standard InChI is InChI=1S/C16H18FN3O2S/c1-10-8-11(19-22-10)9-20(2)16(21)18-14-6-7-23-15-12(14)4-3-5-13(15)17/h3-5,8,14H,6-7,9H2,1-2H3,(H,18,21). The van der Waals surface area contributed by atoms with E-state index in [4.69, 9.17) is 4.52 Å². The molecule has 0 bridgehead atoms. The van der Waals surface area contributed by atoms with Crippen LogP contribution in [0.3, 0.4) is 0 Å². The molecule has 1 atom stereocenters. The number of benzene rings is 1. The van der Waals surface area contributed by atoms with Crippen molar-refractivity contribution in [3.63, 3.8) is 0 Å². The van der Waals surface area contributed by atoms with Crippen LogP contribution in [0.2, 0.25) is 0 Å². The van der Waals surface area contributed by atoms with Crippen molar-refractivity contribution in [1.82, 2.24) is 15.4 Å². The molecule has 1 N–H and O–H groups in total. The first-order valence-corrected chi connectivity index (χ1v) is 8.38. The first kappa shape index (κ1) is 15.9. The van der Waals surface area contributed by atoms with E-state index < -0.39 is 0 Å². The van der Waals surface area contributed by atoms with Crippen molar-refractivity contribution < 1.29 is 13.7 Å². The SMILES string of the molecule is Cc1cc(CN(C)C(=O)NC2CCSc3c(F)cccc32)no1. The number of nitrogens with one attached hydrogen (secondary N) is 1. The van der Waals surface area contributed by atoms with Gasteiger partial charge in [0.25, 0.3) is 0 Å². The maximum absolute atomic E-state index is 13.9. The monoisotopic (exact) mass is 335 g/mol. The maximum Gasteiger partial charge on any atom is 0.317 e. The molecule has 0 radical (unpaired) electrons. The van der Waals surface area contributed by atoms with Gasteiger partial charge >= 0.3 is 6.03 Å². The van der Waals surface area contributed by atoms with Crippen molar-refractivity contribution in [3.8, 4) is 0 Å². The van der Waals surface area contributed by atoms with E-state index in [0.29, 0.717) is 22.9 Å². The van der Waals surface area contributed by atoms with Crippen molar-refractivity contribution in [2.45, 2.75) is 30.8 Å². The average Bonchev–Trinajstić information content (AvgIpc) is 2.93. The van der Waals surface area contributed by atoms with Crippen LogP contribution in [0.5, 0.6) is 0 Å². The number of rotatable bonds is 3. The van der Waals surface area contributed by atoms with Crippen molar-refractivity contribution in [2.24, 2.45) is 0 Å². The van der Waals surface area contributed by atoms with Crippen LogP contribution >= 0.6 is 11.8 Å². The second-order valence-electron chi connectivity index (χ2n) is 5.58. The summed E-state index contributed by atoms with van der Waals surface area (Å²) in [7, 11) is 1.70. The molecule has 1 unspecified atom stereocenters. The third kappa shape index (κ3) is 3.50. The zero-order valence-electron chi connectivity index (χ0n) is 13.0. The molecule has 0 spiro atoms. The van der Waals surface area contributed by atoms with Crippen molar-refractivity contribution in [3.05, 3.63) is 47.1 Å². The zero-order chi connectivity index (χ0) is 16.4. The number of urea groups is 1. The Morgan fingerprint density at radius 1 is 1.57 bits per heavy atom. The summed E-state index contributed by atoms with van der Waals surface area (Å²) in [5.74, 6) is 1.27. The number of hydrogen-bond donors (Lipinski definition) is 1. The van der Waals surface area contributed by atoms with E-state index >= 15 is 0 Å². The molecule has 122 valence electrons. The summed E-state index contributed by atoms with van der Waals surface area (Å²) in [4.78, 5) is 14.6. The molecule has 7 heteroatoms. The molecular formula is C16H18FN3O2S. The van der Waals surface area contributed by atoms with Crippen LogP contribution in [0.15, 0.2) is 33.7 Å². The van der Waals surface area contributed by atoms with Gasteiger partial charge in [-0.05, 0) is 25.0 Å². The Labute approximate surface area is 138 Å². The van der Waals surface area contributed by atoms with Gasteiger partial charge in [-0.3, -0.25) is 0 Å². The number of aromatic nitrogens is 1. The fraction of sp³-hybridized carbons (Fsp3) is 0.375. The van der Waals surface area contributed by atoms with Crippen LogP contribution in [0, 0.1) is 12.7 Å². The predicted octanol–water partition coefficient (Wildman–Crippen LogP) is 3.50. The summed E-state index contributed by atoms with van der Waals surface area (Å²) in [6.07, 6.45) is 0.782. The maximum atomic E-state index is 13.9. The number of halogens is 1. The fourth-order valence-electron chi connectivity index (χ4n) is 2.60. The Bertz CT molecular complexity index is 719. The van der Waals surface area contributed by atoms with Crippen LogP contribution in [-0.4, -0.2) is 28.9 Å². The number of carbonyl (C=O) groups is 1. The molecule has 0 saturated carbocycles. The predicted molar refractivity (Wildman–Crippen MR) is 85.7 cm³/mol. The van der Waals surface area contributed by atoms with E-state index in [9.17, 15) is 9.18 Å². The zero-order valence-corrected chi connectivity index (χ0v) is 13.8. The molecule has 1 aliphatic rings. The third-order valence-electron chi connectivity index (χ3n) is 3.75. The highest BCUT2D eigenvalue weighted by molar-refractivity contribution is 7.99. The number of carbonyl (C=O) groups excluding carboxylic acids is 1. The average molecular weight is 335 g/mol. The number of fused-ring (bicyclic) bond motifs is 1. The van der Waals surface area contributed by atoms with Gasteiger partial charge in [0.15, 0.2) is 0 Å². The highest BCUT2D eigenvalue weighted by Gasteiger charge is 2.25. The molecule has 1 aromatic carbocycles. The molecule has 1 aromatic heterocycles. The van der Waals surface area contributed by atoms with Gasteiger partial charge in [-0.25, -0.2) is 9.18 Å². The van der Waals surface area contributed by atoms with E-state index in [0.717, 1.165) is 17.7 Å². The molecule has 0 saturated heterocycles. The molecular weight excluding hydrogens is 317 g/mol. The van der Waals surface area contributed by atoms with Crippen LogP contribution in [-0.2, 0) is 6.54 Å².